The van der Waals surface area contributed by atoms with Gasteiger partial charge in [0.25, 0.3) is 0 Å². The Labute approximate surface area is 165 Å². The predicted molar refractivity (Wildman–Crippen MR) is 111 cm³/mol. The fraction of sp³-hybridized carbons (Fsp3) is 0.364. The first-order chi connectivity index (χ1) is 12.9. The normalized spacial score (nSPS) is 13.7. The summed E-state index contributed by atoms with van der Waals surface area (Å²) < 4.78 is 0. The number of fused-ring (bicyclic) bond motifs is 1. The summed E-state index contributed by atoms with van der Waals surface area (Å²) >= 11 is 1.53. The molecule has 0 radical (unpaired) electrons. The number of carbonyl (C=O) groups excluding carboxylic acids is 2. The van der Waals surface area contributed by atoms with Gasteiger partial charge in [-0.3, -0.25) is 9.59 Å². The lowest BCUT2D eigenvalue weighted by Gasteiger charge is -2.14. The second-order valence-corrected chi connectivity index (χ2v) is 8.49. The smallest absolute Gasteiger partial charge is 0.243 e. The highest BCUT2D eigenvalue weighted by molar-refractivity contribution is 8.00. The van der Waals surface area contributed by atoms with Gasteiger partial charge in [-0.1, -0.05) is 24.3 Å². The molecule has 2 aromatic rings. The lowest BCUT2D eigenvalue weighted by Crippen LogP contribution is -2.37. The Morgan fingerprint density at radius 1 is 1.07 bits per heavy atom. The van der Waals surface area contributed by atoms with Gasteiger partial charge in [0.1, 0.15) is 0 Å². The Balaban J connectivity index is 1.50. The molecule has 2 aromatic carbocycles. The van der Waals surface area contributed by atoms with Crippen molar-refractivity contribution in [1.82, 2.24) is 5.32 Å². The molecule has 0 bridgehead atoms. The molecule has 142 valence electrons. The van der Waals surface area contributed by atoms with Crippen LogP contribution < -0.4 is 10.6 Å². The molecule has 0 saturated carbocycles. The number of nitrogens with one attached hydrogen (secondary N) is 2. The molecule has 5 heteroatoms. The fourth-order valence-electron chi connectivity index (χ4n) is 3.39. The molecule has 0 fully saturated rings. The van der Waals surface area contributed by atoms with Gasteiger partial charge in [-0.05, 0) is 74.4 Å². The largest absolute Gasteiger partial charge is 0.346 e. The third-order valence-electron chi connectivity index (χ3n) is 4.92. The maximum Gasteiger partial charge on any atom is 0.243 e. The van der Waals surface area contributed by atoms with Crippen molar-refractivity contribution in [2.24, 2.45) is 0 Å². The number of hydrogen-bond acceptors (Lipinski definition) is 3. The lowest BCUT2D eigenvalue weighted by atomic mass is 10.1. The minimum atomic E-state index is -0.252. The highest BCUT2D eigenvalue weighted by Crippen LogP contribution is 2.29. The minimum absolute atomic E-state index is 0.0261. The van der Waals surface area contributed by atoms with E-state index in [1.807, 2.05) is 39.0 Å². The minimum Gasteiger partial charge on any atom is -0.346 e. The third kappa shape index (κ3) is 4.92. The van der Waals surface area contributed by atoms with Gasteiger partial charge in [0.2, 0.25) is 11.8 Å². The van der Waals surface area contributed by atoms with Crippen molar-refractivity contribution in [3.05, 3.63) is 58.7 Å². The van der Waals surface area contributed by atoms with E-state index in [1.165, 1.54) is 29.3 Å². The van der Waals surface area contributed by atoms with E-state index in [9.17, 15) is 9.59 Å². The first-order valence-electron chi connectivity index (χ1n) is 9.36. The highest BCUT2D eigenvalue weighted by Gasteiger charge is 2.17. The van der Waals surface area contributed by atoms with Crippen LogP contribution >= 0.6 is 11.8 Å². The van der Waals surface area contributed by atoms with Crippen molar-refractivity contribution in [3.63, 3.8) is 0 Å². The zero-order valence-electron chi connectivity index (χ0n) is 16.1. The van der Waals surface area contributed by atoms with Crippen LogP contribution in [0.5, 0.6) is 0 Å². The molecule has 0 aliphatic heterocycles. The zero-order chi connectivity index (χ0) is 19.4. The third-order valence-corrected chi connectivity index (χ3v) is 6.01. The summed E-state index contributed by atoms with van der Waals surface area (Å²) in [5.41, 5.74) is 5.67. The molecular formula is C22H26N2O2S. The van der Waals surface area contributed by atoms with Crippen LogP contribution in [-0.2, 0) is 22.4 Å². The van der Waals surface area contributed by atoms with Crippen molar-refractivity contribution >= 4 is 29.3 Å². The zero-order valence-corrected chi connectivity index (χ0v) is 16.9. The predicted octanol–water partition coefficient (Wildman–Crippen LogP) is 4.03. The number of thioether (sulfide) groups is 1. The lowest BCUT2D eigenvalue weighted by molar-refractivity contribution is -0.123. The molecular weight excluding hydrogens is 356 g/mol. The number of benzene rings is 2. The van der Waals surface area contributed by atoms with E-state index in [0.717, 1.165) is 34.6 Å². The monoisotopic (exact) mass is 382 g/mol. The van der Waals surface area contributed by atoms with Crippen LogP contribution in [0.3, 0.4) is 0 Å². The summed E-state index contributed by atoms with van der Waals surface area (Å²) in [7, 11) is 0. The Bertz CT molecular complexity index is 843. The van der Waals surface area contributed by atoms with Crippen LogP contribution in [0.1, 0.15) is 35.6 Å². The molecule has 2 amide bonds. The maximum atomic E-state index is 12.4. The van der Waals surface area contributed by atoms with Crippen LogP contribution in [0, 0.1) is 13.8 Å². The Morgan fingerprint density at radius 2 is 1.78 bits per heavy atom. The van der Waals surface area contributed by atoms with E-state index in [0.29, 0.717) is 0 Å². The number of amides is 2. The van der Waals surface area contributed by atoms with Crippen LogP contribution in [0.2, 0.25) is 0 Å². The molecule has 0 unspecified atom stereocenters. The van der Waals surface area contributed by atoms with Crippen molar-refractivity contribution in [1.29, 1.82) is 0 Å². The van der Waals surface area contributed by atoms with E-state index in [-0.39, 0.29) is 23.6 Å². The SMILES string of the molecule is Cc1cccc(C)c1NC(=O)CNC(=O)[C@H](C)Sc1ccc2c(c1)CCC2. The maximum absolute atomic E-state index is 12.4. The van der Waals surface area contributed by atoms with E-state index >= 15 is 0 Å². The van der Waals surface area contributed by atoms with Gasteiger partial charge in [-0.25, -0.2) is 0 Å². The van der Waals surface area contributed by atoms with Crippen LogP contribution in [0.4, 0.5) is 5.69 Å². The van der Waals surface area contributed by atoms with E-state index in [4.69, 9.17) is 0 Å². The van der Waals surface area contributed by atoms with Crippen LogP contribution in [0.25, 0.3) is 0 Å². The van der Waals surface area contributed by atoms with Crippen molar-refractivity contribution in [2.45, 2.75) is 50.2 Å². The molecule has 1 aliphatic rings. The average molecular weight is 383 g/mol. The second kappa shape index (κ2) is 8.61. The van der Waals surface area contributed by atoms with Gasteiger partial charge in [0.05, 0.1) is 11.8 Å². The number of carbonyl (C=O) groups is 2. The standard InChI is InChI=1S/C22H26N2O2S/c1-14-6-4-7-15(2)21(14)24-20(25)13-23-22(26)16(3)27-19-11-10-17-8-5-9-18(17)12-19/h4,6-7,10-12,16H,5,8-9,13H2,1-3H3,(H,23,26)(H,24,25)/t16-/m0/s1. The van der Waals surface area contributed by atoms with Crippen molar-refractivity contribution < 1.29 is 9.59 Å². The number of rotatable bonds is 6. The number of anilines is 1. The summed E-state index contributed by atoms with van der Waals surface area (Å²) in [6, 6.07) is 12.3. The Hall–Kier alpha value is -2.27. The van der Waals surface area contributed by atoms with Crippen molar-refractivity contribution in [3.8, 4) is 0 Å². The number of aryl methyl sites for hydroxylation is 4. The Morgan fingerprint density at radius 3 is 2.52 bits per heavy atom. The van der Waals surface area contributed by atoms with Gasteiger partial charge in [-0.15, -0.1) is 11.8 Å². The van der Waals surface area contributed by atoms with Gasteiger partial charge < -0.3 is 10.6 Å². The van der Waals surface area contributed by atoms with Crippen LogP contribution in [-0.4, -0.2) is 23.6 Å². The molecule has 27 heavy (non-hydrogen) atoms. The topological polar surface area (TPSA) is 58.2 Å². The fourth-order valence-corrected chi connectivity index (χ4v) is 4.34. The first-order valence-corrected chi connectivity index (χ1v) is 10.2. The van der Waals surface area contributed by atoms with E-state index < -0.39 is 0 Å². The van der Waals surface area contributed by atoms with Crippen LogP contribution in [0.15, 0.2) is 41.3 Å². The molecule has 0 spiro atoms. The highest BCUT2D eigenvalue weighted by atomic mass is 32.2. The van der Waals surface area contributed by atoms with Gasteiger partial charge in [0, 0.05) is 10.6 Å². The summed E-state index contributed by atoms with van der Waals surface area (Å²) in [6.07, 6.45) is 3.50. The molecule has 0 heterocycles. The van der Waals surface area contributed by atoms with Crippen molar-refractivity contribution in [2.75, 3.05) is 11.9 Å². The summed E-state index contributed by atoms with van der Waals surface area (Å²) in [5, 5.41) is 5.38. The molecule has 0 aromatic heterocycles. The number of hydrogen-bond donors (Lipinski definition) is 2. The number of para-hydroxylation sites is 1. The molecule has 2 N–H and O–H groups in total. The molecule has 1 atom stereocenters. The van der Waals surface area contributed by atoms with Gasteiger partial charge >= 0.3 is 0 Å². The summed E-state index contributed by atoms with van der Waals surface area (Å²) in [5.74, 6) is -0.340. The molecule has 0 saturated heterocycles. The first kappa shape index (κ1) is 19.5. The summed E-state index contributed by atoms with van der Waals surface area (Å²) in [4.78, 5) is 25.7. The molecule has 3 rings (SSSR count). The molecule has 4 nitrogen and oxygen atoms in total. The second-order valence-electron chi connectivity index (χ2n) is 7.08. The van der Waals surface area contributed by atoms with Gasteiger partial charge in [0.15, 0.2) is 0 Å². The Kier molecular flexibility index (Phi) is 6.22. The van der Waals surface area contributed by atoms with Gasteiger partial charge in [-0.2, -0.15) is 0 Å². The summed E-state index contributed by atoms with van der Waals surface area (Å²) in [6.45, 7) is 5.76. The molecule has 1 aliphatic carbocycles. The van der Waals surface area contributed by atoms with E-state index in [2.05, 4.69) is 28.8 Å². The quantitative estimate of drug-likeness (QED) is 0.742. The average Bonchev–Trinajstić information content (AvgIpc) is 3.10. The van der Waals surface area contributed by atoms with E-state index in [1.54, 1.807) is 0 Å².